The van der Waals surface area contributed by atoms with Gasteiger partial charge in [-0.25, -0.2) is 0 Å². The Bertz CT molecular complexity index is 991. The summed E-state index contributed by atoms with van der Waals surface area (Å²) in [5.74, 6) is -0.00405. The number of nitrogens with zero attached hydrogens (tertiary/aromatic N) is 1. The number of aliphatic carboxylic acids is 1. The zero-order valence-electron chi connectivity index (χ0n) is 16.5. The Hall–Kier alpha value is -2.34. The number of hydrogen-bond donors (Lipinski definition) is 1. The molecule has 0 spiro atoms. The van der Waals surface area contributed by atoms with E-state index in [0.717, 1.165) is 41.1 Å². The topological polar surface area (TPSA) is 49.8 Å². The van der Waals surface area contributed by atoms with E-state index in [1.165, 1.54) is 11.3 Å². The van der Waals surface area contributed by atoms with Gasteiger partial charge in [0.15, 0.2) is 0 Å². The van der Waals surface area contributed by atoms with Gasteiger partial charge >= 0.3 is 5.97 Å². The Kier molecular flexibility index (Phi) is 6.72. The van der Waals surface area contributed by atoms with Gasteiger partial charge in [0, 0.05) is 10.4 Å². The Morgan fingerprint density at radius 2 is 1.87 bits per heavy atom. The number of piperidine rings is 1. The van der Waals surface area contributed by atoms with E-state index in [1.54, 1.807) is 0 Å². The first-order valence-electron chi connectivity index (χ1n) is 10.1. The lowest BCUT2D eigenvalue weighted by atomic mass is 9.95. The molecule has 4 rings (SSSR count). The van der Waals surface area contributed by atoms with E-state index in [4.69, 9.17) is 16.3 Å². The van der Waals surface area contributed by atoms with Crippen LogP contribution in [0.25, 0.3) is 0 Å². The maximum Gasteiger partial charge on any atom is 0.320 e. The van der Waals surface area contributed by atoms with E-state index < -0.39 is 12.0 Å². The number of halogens is 1. The molecule has 1 aromatic heterocycles. The number of carbonyl (C=O) groups is 1. The van der Waals surface area contributed by atoms with Gasteiger partial charge in [0.1, 0.15) is 18.4 Å². The molecule has 4 nitrogen and oxygen atoms in total. The third-order valence-corrected chi connectivity index (χ3v) is 6.76. The molecule has 1 N–H and O–H groups in total. The van der Waals surface area contributed by atoms with Gasteiger partial charge in [0.05, 0.1) is 10.4 Å². The second kappa shape index (κ2) is 9.65. The van der Waals surface area contributed by atoms with E-state index >= 15 is 0 Å². The smallest absolute Gasteiger partial charge is 0.320 e. The van der Waals surface area contributed by atoms with Crippen molar-refractivity contribution in [1.82, 2.24) is 4.90 Å². The quantitative estimate of drug-likeness (QED) is 0.487. The van der Waals surface area contributed by atoms with Crippen LogP contribution in [-0.4, -0.2) is 28.6 Å². The molecule has 1 aliphatic heterocycles. The first kappa shape index (κ1) is 20.9. The zero-order chi connectivity index (χ0) is 20.9. The van der Waals surface area contributed by atoms with Crippen molar-refractivity contribution in [2.75, 3.05) is 6.54 Å². The Labute approximate surface area is 185 Å². The third-order valence-electron chi connectivity index (χ3n) is 5.48. The van der Waals surface area contributed by atoms with Crippen LogP contribution in [0.4, 0.5) is 0 Å². The van der Waals surface area contributed by atoms with Crippen molar-refractivity contribution in [3.8, 4) is 5.75 Å². The predicted octanol–water partition coefficient (Wildman–Crippen LogP) is 6.01. The van der Waals surface area contributed by atoms with Crippen molar-refractivity contribution in [1.29, 1.82) is 0 Å². The molecule has 6 heteroatoms. The molecule has 2 aromatic carbocycles. The van der Waals surface area contributed by atoms with Gasteiger partial charge < -0.3 is 9.84 Å². The molecule has 2 atom stereocenters. The lowest BCUT2D eigenvalue weighted by molar-refractivity contribution is -0.145. The number of para-hydroxylation sites is 1. The lowest BCUT2D eigenvalue weighted by Crippen LogP contribution is -2.46. The van der Waals surface area contributed by atoms with Crippen LogP contribution < -0.4 is 4.74 Å². The standard InChI is InChI=1S/C24H24ClNO3S/c25-22-14-13-21(30-22)23(26-15-7-6-11-19(26)24(27)28)18-10-4-5-12-20(18)29-16-17-8-2-1-3-9-17/h1-5,8-10,12-14,19,23H,6-7,11,15-16H2,(H,27,28). The van der Waals surface area contributed by atoms with Crippen LogP contribution in [0.1, 0.15) is 41.3 Å². The molecule has 0 radical (unpaired) electrons. The van der Waals surface area contributed by atoms with Crippen LogP contribution in [-0.2, 0) is 11.4 Å². The lowest BCUT2D eigenvalue weighted by Gasteiger charge is -2.39. The van der Waals surface area contributed by atoms with E-state index in [-0.39, 0.29) is 6.04 Å². The molecule has 1 fully saturated rings. The molecule has 30 heavy (non-hydrogen) atoms. The van der Waals surface area contributed by atoms with Gasteiger partial charge in [-0.2, -0.15) is 0 Å². The maximum absolute atomic E-state index is 12.0. The normalized spacial score (nSPS) is 18.1. The zero-order valence-corrected chi connectivity index (χ0v) is 18.1. The summed E-state index contributed by atoms with van der Waals surface area (Å²) in [7, 11) is 0. The molecule has 156 valence electrons. The van der Waals surface area contributed by atoms with E-state index in [2.05, 4.69) is 4.90 Å². The summed E-state index contributed by atoms with van der Waals surface area (Å²) < 4.78 is 6.91. The molecule has 1 saturated heterocycles. The van der Waals surface area contributed by atoms with Crippen LogP contribution in [0.3, 0.4) is 0 Å². The summed E-state index contributed by atoms with van der Waals surface area (Å²) in [4.78, 5) is 15.2. The number of benzene rings is 2. The summed E-state index contributed by atoms with van der Waals surface area (Å²) in [6.07, 6.45) is 2.56. The van der Waals surface area contributed by atoms with Gasteiger partial charge in [-0.15, -0.1) is 11.3 Å². The highest BCUT2D eigenvalue weighted by Crippen LogP contribution is 2.42. The molecule has 0 aliphatic carbocycles. The number of carboxylic acid groups (broad SMARTS) is 1. The second-order valence-corrected chi connectivity index (χ2v) is 9.19. The first-order valence-corrected chi connectivity index (χ1v) is 11.3. The van der Waals surface area contributed by atoms with E-state index in [1.807, 2.05) is 66.7 Å². The fourth-order valence-corrected chi connectivity index (χ4v) is 5.27. The minimum Gasteiger partial charge on any atom is -0.489 e. The van der Waals surface area contributed by atoms with Crippen molar-refractivity contribution in [2.24, 2.45) is 0 Å². The predicted molar refractivity (Wildman–Crippen MR) is 120 cm³/mol. The molecule has 0 saturated carbocycles. The number of carboxylic acids is 1. The summed E-state index contributed by atoms with van der Waals surface area (Å²) >= 11 is 7.76. The Morgan fingerprint density at radius 1 is 1.10 bits per heavy atom. The highest BCUT2D eigenvalue weighted by molar-refractivity contribution is 7.16. The Balaban J connectivity index is 1.71. The van der Waals surface area contributed by atoms with E-state index in [0.29, 0.717) is 17.4 Å². The molecular formula is C24H24ClNO3S. The number of thiophene rings is 1. The van der Waals surface area contributed by atoms with Crippen LogP contribution in [0.15, 0.2) is 66.7 Å². The first-order chi connectivity index (χ1) is 14.6. The van der Waals surface area contributed by atoms with E-state index in [9.17, 15) is 9.90 Å². The summed E-state index contributed by atoms with van der Waals surface area (Å²) in [5.41, 5.74) is 2.06. The summed E-state index contributed by atoms with van der Waals surface area (Å²) in [6.45, 7) is 1.18. The van der Waals surface area contributed by atoms with Crippen molar-refractivity contribution < 1.29 is 14.6 Å². The van der Waals surface area contributed by atoms with Gasteiger partial charge in [-0.1, -0.05) is 66.6 Å². The minimum atomic E-state index is -0.773. The van der Waals surface area contributed by atoms with Gasteiger partial charge in [0.2, 0.25) is 0 Å². The van der Waals surface area contributed by atoms with Gasteiger partial charge in [-0.3, -0.25) is 9.69 Å². The van der Waals surface area contributed by atoms with Crippen LogP contribution >= 0.6 is 22.9 Å². The van der Waals surface area contributed by atoms with Crippen molar-refractivity contribution in [2.45, 2.75) is 38.0 Å². The highest BCUT2D eigenvalue weighted by Gasteiger charge is 2.36. The number of ether oxygens (including phenoxy) is 1. The monoisotopic (exact) mass is 441 g/mol. The second-order valence-electron chi connectivity index (χ2n) is 7.44. The van der Waals surface area contributed by atoms with Crippen LogP contribution in [0.5, 0.6) is 5.75 Å². The molecule has 2 unspecified atom stereocenters. The minimum absolute atomic E-state index is 0.212. The molecular weight excluding hydrogens is 418 g/mol. The molecule has 0 amide bonds. The average molecular weight is 442 g/mol. The molecule has 3 aromatic rings. The van der Waals surface area contributed by atoms with Crippen molar-refractivity contribution >= 4 is 28.9 Å². The largest absolute Gasteiger partial charge is 0.489 e. The number of rotatable bonds is 7. The van der Waals surface area contributed by atoms with Crippen molar-refractivity contribution in [3.05, 3.63) is 87.1 Å². The average Bonchev–Trinajstić information content (AvgIpc) is 3.20. The van der Waals surface area contributed by atoms with Crippen LogP contribution in [0, 0.1) is 0 Å². The van der Waals surface area contributed by atoms with Crippen LogP contribution in [0.2, 0.25) is 4.34 Å². The van der Waals surface area contributed by atoms with Gasteiger partial charge in [0.25, 0.3) is 0 Å². The van der Waals surface area contributed by atoms with Gasteiger partial charge in [-0.05, 0) is 43.1 Å². The molecule has 2 heterocycles. The number of hydrogen-bond acceptors (Lipinski definition) is 4. The summed E-state index contributed by atoms with van der Waals surface area (Å²) in [5, 5.41) is 9.88. The maximum atomic E-state index is 12.0. The third kappa shape index (κ3) is 4.69. The Morgan fingerprint density at radius 3 is 2.60 bits per heavy atom. The number of likely N-dealkylation sites (tertiary alicyclic amines) is 1. The summed E-state index contributed by atoms with van der Waals surface area (Å²) in [6, 6.07) is 21.1. The fourth-order valence-electron chi connectivity index (χ4n) is 4.07. The van der Waals surface area contributed by atoms with Crippen molar-refractivity contribution in [3.63, 3.8) is 0 Å². The molecule has 1 aliphatic rings. The highest BCUT2D eigenvalue weighted by atomic mass is 35.5. The SMILES string of the molecule is O=C(O)C1CCCCN1C(c1ccc(Cl)s1)c1ccccc1OCc1ccccc1. The molecule has 0 bridgehead atoms. The fraction of sp³-hybridized carbons (Fsp3) is 0.292.